The third-order valence-corrected chi connectivity index (χ3v) is 3.02. The van der Waals surface area contributed by atoms with Crippen molar-refractivity contribution in [2.45, 2.75) is 19.4 Å². The van der Waals surface area contributed by atoms with Crippen LogP contribution in [0, 0.1) is 5.92 Å². The van der Waals surface area contributed by atoms with Gasteiger partial charge in [0.25, 0.3) is 5.91 Å². The lowest BCUT2D eigenvalue weighted by molar-refractivity contribution is -0.131. The van der Waals surface area contributed by atoms with Gasteiger partial charge in [-0.25, -0.2) is 4.79 Å². The van der Waals surface area contributed by atoms with Crippen LogP contribution in [0.1, 0.15) is 29.3 Å². The van der Waals surface area contributed by atoms with Gasteiger partial charge in [0.1, 0.15) is 0 Å². The number of hydrogen-bond acceptors (Lipinski definition) is 2. The third kappa shape index (κ3) is 3.20. The summed E-state index contributed by atoms with van der Waals surface area (Å²) in [6, 6.07) is 7.16. The summed E-state index contributed by atoms with van der Waals surface area (Å²) in [5.41, 5.74) is 1.36. The Labute approximate surface area is 105 Å². The maximum Gasteiger partial charge on any atom is 0.328 e. The van der Waals surface area contributed by atoms with E-state index in [4.69, 9.17) is 5.11 Å². The van der Waals surface area contributed by atoms with Crippen molar-refractivity contribution in [3.8, 4) is 0 Å². The summed E-state index contributed by atoms with van der Waals surface area (Å²) >= 11 is 0. The molecule has 2 N–H and O–H groups in total. The second kappa shape index (κ2) is 5.04. The Morgan fingerprint density at radius 3 is 2.44 bits per heavy atom. The molecule has 1 amide bonds. The topological polar surface area (TPSA) is 66.4 Å². The van der Waals surface area contributed by atoms with Gasteiger partial charge in [-0.05, 0) is 36.1 Å². The van der Waals surface area contributed by atoms with E-state index in [2.05, 4.69) is 12.2 Å². The van der Waals surface area contributed by atoms with Crippen molar-refractivity contribution in [1.29, 1.82) is 0 Å². The number of aliphatic carboxylic acids is 1. The molecule has 0 radical (unpaired) electrons. The van der Waals surface area contributed by atoms with Crippen LogP contribution in [0.5, 0.6) is 0 Å². The molecule has 4 nitrogen and oxygen atoms in total. The minimum atomic E-state index is -0.987. The molecule has 2 rings (SSSR count). The molecule has 0 aromatic heterocycles. The van der Waals surface area contributed by atoms with E-state index in [0.29, 0.717) is 17.5 Å². The van der Waals surface area contributed by atoms with Crippen LogP contribution in [0.2, 0.25) is 0 Å². The summed E-state index contributed by atoms with van der Waals surface area (Å²) in [5, 5.41) is 11.4. The molecule has 18 heavy (non-hydrogen) atoms. The van der Waals surface area contributed by atoms with Crippen molar-refractivity contribution in [2.24, 2.45) is 5.92 Å². The average Bonchev–Trinajstić information content (AvgIpc) is 3.03. The number of nitrogens with one attached hydrogen (secondary N) is 1. The summed E-state index contributed by atoms with van der Waals surface area (Å²) in [4.78, 5) is 22.2. The van der Waals surface area contributed by atoms with Crippen LogP contribution in [0.25, 0.3) is 6.08 Å². The molecule has 2 unspecified atom stereocenters. The first-order chi connectivity index (χ1) is 8.56. The molecule has 0 spiro atoms. The van der Waals surface area contributed by atoms with Crippen molar-refractivity contribution in [1.82, 2.24) is 5.32 Å². The Balaban J connectivity index is 1.98. The number of hydrogen-bond donors (Lipinski definition) is 2. The first-order valence-electron chi connectivity index (χ1n) is 5.88. The molecule has 0 heterocycles. The van der Waals surface area contributed by atoms with E-state index in [1.807, 2.05) is 0 Å². The molecular formula is C14H15NO3. The zero-order valence-electron chi connectivity index (χ0n) is 10.1. The Kier molecular flexibility index (Phi) is 3.46. The fourth-order valence-corrected chi connectivity index (χ4v) is 1.69. The number of carboxylic acid groups (broad SMARTS) is 1. The monoisotopic (exact) mass is 245 g/mol. The molecule has 2 atom stereocenters. The number of rotatable bonds is 4. The highest BCUT2D eigenvalue weighted by atomic mass is 16.4. The van der Waals surface area contributed by atoms with E-state index in [1.165, 1.54) is 6.08 Å². The van der Waals surface area contributed by atoms with E-state index in [-0.39, 0.29) is 5.91 Å². The largest absolute Gasteiger partial charge is 0.478 e. The highest BCUT2D eigenvalue weighted by molar-refractivity contribution is 5.95. The van der Waals surface area contributed by atoms with Crippen molar-refractivity contribution < 1.29 is 14.7 Å². The van der Waals surface area contributed by atoms with Gasteiger partial charge >= 0.3 is 5.97 Å². The van der Waals surface area contributed by atoms with E-state index < -0.39 is 5.97 Å². The Morgan fingerprint density at radius 2 is 1.94 bits per heavy atom. The summed E-state index contributed by atoms with van der Waals surface area (Å²) in [6.45, 7) is 2.10. The van der Waals surface area contributed by atoms with Gasteiger partial charge < -0.3 is 10.4 Å². The van der Waals surface area contributed by atoms with Crippen LogP contribution in [0.4, 0.5) is 0 Å². The van der Waals surface area contributed by atoms with Crippen molar-refractivity contribution >= 4 is 18.0 Å². The highest BCUT2D eigenvalue weighted by Gasteiger charge is 2.33. The van der Waals surface area contributed by atoms with Crippen LogP contribution < -0.4 is 5.32 Å². The van der Waals surface area contributed by atoms with E-state index in [1.54, 1.807) is 24.3 Å². The molecule has 0 aliphatic heterocycles. The number of benzene rings is 1. The minimum absolute atomic E-state index is 0.0712. The predicted molar refractivity (Wildman–Crippen MR) is 68.1 cm³/mol. The second-order valence-electron chi connectivity index (χ2n) is 4.59. The van der Waals surface area contributed by atoms with Gasteiger partial charge in [-0.3, -0.25) is 4.79 Å². The van der Waals surface area contributed by atoms with Crippen molar-refractivity contribution in [3.63, 3.8) is 0 Å². The SMILES string of the molecule is CC1CC1NC(=O)c1ccc(C=CC(=O)O)cc1. The zero-order valence-corrected chi connectivity index (χ0v) is 10.1. The van der Waals surface area contributed by atoms with Gasteiger partial charge in [0.05, 0.1) is 0 Å². The van der Waals surface area contributed by atoms with Gasteiger partial charge in [0.15, 0.2) is 0 Å². The van der Waals surface area contributed by atoms with Crippen LogP contribution >= 0.6 is 0 Å². The normalized spacial score (nSPS) is 21.8. The van der Waals surface area contributed by atoms with Crippen molar-refractivity contribution in [3.05, 3.63) is 41.5 Å². The van der Waals surface area contributed by atoms with E-state index in [0.717, 1.165) is 18.1 Å². The van der Waals surface area contributed by atoms with Gasteiger partial charge in [-0.15, -0.1) is 0 Å². The van der Waals surface area contributed by atoms with Gasteiger partial charge in [0, 0.05) is 17.7 Å². The lowest BCUT2D eigenvalue weighted by Crippen LogP contribution is -2.26. The van der Waals surface area contributed by atoms with E-state index >= 15 is 0 Å². The molecule has 1 aromatic rings. The van der Waals surface area contributed by atoms with E-state index in [9.17, 15) is 9.59 Å². The summed E-state index contributed by atoms with van der Waals surface area (Å²) in [5.74, 6) is -0.482. The first kappa shape index (κ1) is 12.4. The first-order valence-corrected chi connectivity index (χ1v) is 5.88. The molecule has 1 aliphatic rings. The zero-order chi connectivity index (χ0) is 13.1. The number of carbonyl (C=O) groups excluding carboxylic acids is 1. The number of amides is 1. The van der Waals surface area contributed by atoms with Crippen LogP contribution in [-0.2, 0) is 4.79 Å². The van der Waals surface area contributed by atoms with Crippen LogP contribution in [0.3, 0.4) is 0 Å². The minimum Gasteiger partial charge on any atom is -0.478 e. The van der Waals surface area contributed by atoms with Gasteiger partial charge in [-0.1, -0.05) is 19.1 Å². The maximum absolute atomic E-state index is 11.8. The molecule has 1 aromatic carbocycles. The van der Waals surface area contributed by atoms with Gasteiger partial charge in [-0.2, -0.15) is 0 Å². The molecule has 4 heteroatoms. The molecule has 1 fully saturated rings. The van der Waals surface area contributed by atoms with Crippen LogP contribution in [-0.4, -0.2) is 23.0 Å². The third-order valence-electron chi connectivity index (χ3n) is 3.02. The highest BCUT2D eigenvalue weighted by Crippen LogP contribution is 2.29. The van der Waals surface area contributed by atoms with Gasteiger partial charge in [0.2, 0.25) is 0 Å². The Bertz CT molecular complexity index is 490. The fraction of sp³-hybridized carbons (Fsp3) is 0.286. The lowest BCUT2D eigenvalue weighted by atomic mass is 10.1. The molecule has 1 aliphatic carbocycles. The Morgan fingerprint density at radius 1 is 1.33 bits per heavy atom. The smallest absolute Gasteiger partial charge is 0.328 e. The number of carbonyl (C=O) groups is 2. The number of carboxylic acids is 1. The molecule has 1 saturated carbocycles. The van der Waals surface area contributed by atoms with Crippen molar-refractivity contribution in [2.75, 3.05) is 0 Å². The van der Waals surface area contributed by atoms with Crippen LogP contribution in [0.15, 0.2) is 30.3 Å². The summed E-state index contributed by atoms with van der Waals surface area (Å²) in [6.07, 6.45) is 3.61. The lowest BCUT2D eigenvalue weighted by Gasteiger charge is -2.03. The molecule has 94 valence electrons. The average molecular weight is 245 g/mol. The summed E-state index contributed by atoms with van der Waals surface area (Å²) in [7, 11) is 0. The quantitative estimate of drug-likeness (QED) is 0.796. The second-order valence-corrected chi connectivity index (χ2v) is 4.59. The summed E-state index contributed by atoms with van der Waals surface area (Å²) < 4.78 is 0. The fourth-order valence-electron chi connectivity index (χ4n) is 1.69. The standard InChI is InChI=1S/C14H15NO3/c1-9-8-12(9)15-14(18)11-5-2-10(3-6-11)4-7-13(16)17/h2-7,9,12H,8H2,1H3,(H,15,18)(H,16,17). The molecule has 0 saturated heterocycles. The Hall–Kier alpha value is -2.10. The predicted octanol–water partition coefficient (Wildman–Crippen LogP) is 1.92. The molecule has 0 bridgehead atoms. The molecular weight excluding hydrogens is 230 g/mol. The maximum atomic E-state index is 11.8.